The summed E-state index contributed by atoms with van der Waals surface area (Å²) >= 11 is 0. The molecule has 3 aromatic rings. The van der Waals surface area contributed by atoms with Crippen LogP contribution in [0.4, 0.5) is 0 Å². The average molecular weight is 369 g/mol. The van der Waals surface area contributed by atoms with Crippen molar-refractivity contribution in [2.75, 3.05) is 0 Å². The minimum atomic E-state index is -0.170. The third-order valence-corrected chi connectivity index (χ3v) is 5.41. The van der Waals surface area contributed by atoms with Gasteiger partial charge < -0.3 is 9.88 Å². The van der Waals surface area contributed by atoms with E-state index in [1.54, 1.807) is 6.07 Å². The molecule has 4 nitrogen and oxygen atoms in total. The van der Waals surface area contributed by atoms with Gasteiger partial charge >= 0.3 is 0 Å². The summed E-state index contributed by atoms with van der Waals surface area (Å²) in [5.41, 5.74) is 3.80. The fraction of sp³-hybridized carbons (Fsp3) is 0.250. The lowest BCUT2D eigenvalue weighted by atomic mass is 9.95. The van der Waals surface area contributed by atoms with Gasteiger partial charge in [-0.15, -0.1) is 0 Å². The van der Waals surface area contributed by atoms with Gasteiger partial charge in [0, 0.05) is 17.8 Å². The van der Waals surface area contributed by atoms with Gasteiger partial charge in [0.25, 0.3) is 5.91 Å². The number of amides is 1. The minimum Gasteiger partial charge on any atom is -0.348 e. The second-order valence-corrected chi connectivity index (χ2v) is 7.25. The monoisotopic (exact) mass is 369 g/mol. The van der Waals surface area contributed by atoms with Gasteiger partial charge in [-0.05, 0) is 30.5 Å². The normalized spacial score (nSPS) is 14.4. The zero-order valence-electron chi connectivity index (χ0n) is 15.8. The molecule has 1 aromatic heterocycles. The quantitative estimate of drug-likeness (QED) is 0.697. The van der Waals surface area contributed by atoms with E-state index in [9.17, 15) is 10.1 Å². The maximum absolute atomic E-state index is 13.1. The topological polar surface area (TPSA) is 57.8 Å². The number of rotatable bonds is 4. The Balaban J connectivity index is 1.75. The Morgan fingerprint density at radius 3 is 2.43 bits per heavy atom. The molecule has 0 saturated heterocycles. The number of hydrogen-bond acceptors (Lipinski definition) is 2. The Labute approximate surface area is 165 Å². The lowest BCUT2D eigenvalue weighted by molar-refractivity contribution is 0.0920. The standard InChI is InChI=1S/C24H23N3O/c25-17-19-15-16-27(23(19)24(28)26-20-11-5-2-6-12-20)22-14-8-7-13-21(22)18-9-3-1-4-10-18/h1,3-4,7-10,13-16,20H,2,5-6,11-12H2,(H,26,28). The van der Waals surface area contributed by atoms with Crippen molar-refractivity contribution < 1.29 is 4.79 Å². The van der Waals surface area contributed by atoms with E-state index >= 15 is 0 Å². The molecule has 0 atom stereocenters. The van der Waals surface area contributed by atoms with E-state index in [1.165, 1.54) is 6.42 Å². The molecule has 4 rings (SSSR count). The van der Waals surface area contributed by atoms with Crippen LogP contribution in [-0.2, 0) is 0 Å². The fourth-order valence-corrected chi connectivity index (χ4v) is 4.00. The summed E-state index contributed by atoms with van der Waals surface area (Å²) in [6, 6.07) is 22.2. The summed E-state index contributed by atoms with van der Waals surface area (Å²) in [4.78, 5) is 13.1. The van der Waals surface area contributed by atoms with Gasteiger partial charge in [-0.3, -0.25) is 4.79 Å². The smallest absolute Gasteiger partial charge is 0.269 e. The fourth-order valence-electron chi connectivity index (χ4n) is 4.00. The van der Waals surface area contributed by atoms with Gasteiger partial charge in [-0.25, -0.2) is 0 Å². The number of nitrogens with zero attached hydrogens (tertiary/aromatic N) is 2. The zero-order valence-corrected chi connectivity index (χ0v) is 15.8. The number of para-hydroxylation sites is 1. The molecule has 140 valence electrons. The zero-order chi connectivity index (χ0) is 19.3. The molecule has 0 aliphatic heterocycles. The summed E-state index contributed by atoms with van der Waals surface area (Å²) in [5.74, 6) is -0.170. The maximum atomic E-state index is 13.1. The first-order chi connectivity index (χ1) is 13.8. The van der Waals surface area contributed by atoms with Gasteiger partial charge in [0.2, 0.25) is 0 Å². The predicted octanol–water partition coefficient (Wildman–Crippen LogP) is 5.08. The molecule has 0 bridgehead atoms. The lowest BCUT2D eigenvalue weighted by Crippen LogP contribution is -2.37. The third-order valence-electron chi connectivity index (χ3n) is 5.41. The largest absolute Gasteiger partial charge is 0.348 e. The molecule has 1 N–H and O–H groups in total. The highest BCUT2D eigenvalue weighted by molar-refractivity contribution is 5.96. The number of aromatic nitrogens is 1. The van der Waals surface area contributed by atoms with Gasteiger partial charge in [0.05, 0.1) is 11.3 Å². The van der Waals surface area contributed by atoms with E-state index < -0.39 is 0 Å². The number of carbonyl (C=O) groups excluding carboxylic acids is 1. The number of nitrogens with one attached hydrogen (secondary N) is 1. The van der Waals surface area contributed by atoms with Crippen molar-refractivity contribution in [2.45, 2.75) is 38.1 Å². The molecule has 1 saturated carbocycles. The molecular weight excluding hydrogens is 346 g/mol. The Morgan fingerprint density at radius 2 is 1.68 bits per heavy atom. The van der Waals surface area contributed by atoms with E-state index in [0.717, 1.165) is 42.5 Å². The lowest BCUT2D eigenvalue weighted by Gasteiger charge is -2.23. The highest BCUT2D eigenvalue weighted by atomic mass is 16.2. The van der Waals surface area contributed by atoms with Crippen LogP contribution in [-0.4, -0.2) is 16.5 Å². The molecule has 0 spiro atoms. The Hall–Kier alpha value is -3.32. The molecule has 1 amide bonds. The van der Waals surface area contributed by atoms with Crippen LogP contribution in [0, 0.1) is 11.3 Å². The molecule has 1 fully saturated rings. The SMILES string of the molecule is N#Cc1ccn(-c2ccccc2-c2ccccc2)c1C(=O)NC1CCCCC1. The second-order valence-electron chi connectivity index (χ2n) is 7.25. The minimum absolute atomic E-state index is 0.170. The van der Waals surface area contributed by atoms with Crippen LogP contribution in [0.25, 0.3) is 16.8 Å². The van der Waals surface area contributed by atoms with Gasteiger partial charge in [0.1, 0.15) is 11.8 Å². The Kier molecular flexibility index (Phi) is 5.25. The summed E-state index contributed by atoms with van der Waals surface area (Å²) in [5, 5.41) is 12.7. The van der Waals surface area contributed by atoms with Crippen molar-refractivity contribution in [3.63, 3.8) is 0 Å². The highest BCUT2D eigenvalue weighted by Crippen LogP contribution is 2.29. The van der Waals surface area contributed by atoms with E-state index in [-0.39, 0.29) is 11.9 Å². The first kappa shape index (κ1) is 18.1. The maximum Gasteiger partial charge on any atom is 0.269 e. The van der Waals surface area contributed by atoms with Crippen LogP contribution >= 0.6 is 0 Å². The molecule has 4 heteroatoms. The summed E-state index contributed by atoms with van der Waals surface area (Å²) in [6.07, 6.45) is 7.36. The molecule has 1 aliphatic carbocycles. The highest BCUT2D eigenvalue weighted by Gasteiger charge is 2.23. The van der Waals surface area contributed by atoms with E-state index in [2.05, 4.69) is 23.5 Å². The van der Waals surface area contributed by atoms with Crippen LogP contribution in [0.3, 0.4) is 0 Å². The van der Waals surface area contributed by atoms with E-state index in [0.29, 0.717) is 11.3 Å². The summed E-state index contributed by atoms with van der Waals surface area (Å²) < 4.78 is 1.85. The second kappa shape index (κ2) is 8.14. The van der Waals surface area contributed by atoms with Crippen LogP contribution in [0.5, 0.6) is 0 Å². The molecule has 1 heterocycles. The van der Waals surface area contributed by atoms with Crippen molar-refractivity contribution in [2.24, 2.45) is 0 Å². The number of benzene rings is 2. The van der Waals surface area contributed by atoms with Crippen LogP contribution in [0.1, 0.15) is 48.2 Å². The summed E-state index contributed by atoms with van der Waals surface area (Å²) in [6.45, 7) is 0. The first-order valence-corrected chi connectivity index (χ1v) is 9.85. The Morgan fingerprint density at radius 1 is 0.964 bits per heavy atom. The van der Waals surface area contributed by atoms with Crippen LogP contribution in [0.15, 0.2) is 66.9 Å². The van der Waals surface area contributed by atoms with Crippen LogP contribution < -0.4 is 5.32 Å². The van der Waals surface area contributed by atoms with Crippen molar-refractivity contribution in [1.82, 2.24) is 9.88 Å². The third kappa shape index (κ3) is 3.57. The number of hydrogen-bond donors (Lipinski definition) is 1. The molecule has 1 aliphatic rings. The molecule has 0 radical (unpaired) electrons. The molecule has 28 heavy (non-hydrogen) atoms. The Bertz CT molecular complexity index is 1010. The number of carbonyl (C=O) groups is 1. The first-order valence-electron chi connectivity index (χ1n) is 9.85. The van der Waals surface area contributed by atoms with Crippen molar-refractivity contribution in [3.8, 4) is 22.9 Å². The van der Waals surface area contributed by atoms with Crippen molar-refractivity contribution in [3.05, 3.63) is 78.1 Å². The number of nitriles is 1. The molecule has 2 aromatic carbocycles. The van der Waals surface area contributed by atoms with E-state index in [1.807, 2.05) is 53.2 Å². The van der Waals surface area contributed by atoms with Crippen molar-refractivity contribution in [1.29, 1.82) is 5.26 Å². The van der Waals surface area contributed by atoms with E-state index in [4.69, 9.17) is 0 Å². The predicted molar refractivity (Wildman–Crippen MR) is 110 cm³/mol. The van der Waals surface area contributed by atoms with Gasteiger partial charge in [0.15, 0.2) is 0 Å². The molecular formula is C24H23N3O. The molecule has 0 unspecified atom stereocenters. The van der Waals surface area contributed by atoms with Crippen LogP contribution in [0.2, 0.25) is 0 Å². The average Bonchev–Trinajstić information content (AvgIpc) is 3.19. The van der Waals surface area contributed by atoms with Gasteiger partial charge in [-0.1, -0.05) is 67.8 Å². The van der Waals surface area contributed by atoms with Gasteiger partial charge in [-0.2, -0.15) is 5.26 Å². The summed E-state index contributed by atoms with van der Waals surface area (Å²) in [7, 11) is 0. The van der Waals surface area contributed by atoms with Crippen molar-refractivity contribution >= 4 is 5.91 Å².